The normalized spacial score (nSPS) is 10.7. The molecule has 0 aliphatic heterocycles. The largest absolute Gasteiger partial charge is 0.457 e. The van der Waals surface area contributed by atoms with Crippen molar-refractivity contribution in [1.82, 2.24) is 9.78 Å². The molecule has 4 rings (SSSR count). The van der Waals surface area contributed by atoms with Crippen LogP contribution in [0.5, 0.6) is 11.5 Å². The zero-order chi connectivity index (χ0) is 20.4. The number of aryl methyl sites for hydroxylation is 2. The molecular weight excluding hydrogens is 362 g/mol. The summed E-state index contributed by atoms with van der Waals surface area (Å²) < 4.78 is 7.44. The highest BCUT2D eigenvalue weighted by molar-refractivity contribution is 5.84. The molecule has 0 bridgehead atoms. The zero-order valence-corrected chi connectivity index (χ0v) is 16.3. The second kappa shape index (κ2) is 7.64. The zero-order valence-electron chi connectivity index (χ0n) is 16.3. The first kappa shape index (κ1) is 18.5. The van der Waals surface area contributed by atoms with Gasteiger partial charge in [-0.1, -0.05) is 48.0 Å². The molecule has 2 N–H and O–H groups in total. The molecule has 0 fully saturated rings. The van der Waals surface area contributed by atoms with Gasteiger partial charge in [-0.2, -0.15) is 5.10 Å². The van der Waals surface area contributed by atoms with Crippen molar-refractivity contribution in [2.75, 3.05) is 5.73 Å². The van der Waals surface area contributed by atoms with Gasteiger partial charge in [0.05, 0.1) is 0 Å². The lowest BCUT2D eigenvalue weighted by atomic mass is 9.98. The van der Waals surface area contributed by atoms with Crippen molar-refractivity contribution in [1.29, 1.82) is 0 Å². The third kappa shape index (κ3) is 3.89. The van der Waals surface area contributed by atoms with Crippen molar-refractivity contribution in [2.24, 2.45) is 7.05 Å². The topological polar surface area (TPSA) is 70.1 Å². The molecule has 5 heteroatoms. The molecule has 0 amide bonds. The minimum absolute atomic E-state index is 0.182. The van der Waals surface area contributed by atoms with Gasteiger partial charge in [0, 0.05) is 29.9 Å². The van der Waals surface area contributed by atoms with Crippen LogP contribution in [0.4, 0.5) is 5.69 Å². The van der Waals surface area contributed by atoms with Gasteiger partial charge in [0.25, 0.3) is 5.56 Å². The highest BCUT2D eigenvalue weighted by atomic mass is 16.5. The molecule has 1 heterocycles. The molecule has 29 heavy (non-hydrogen) atoms. The third-order valence-corrected chi connectivity index (χ3v) is 4.68. The first-order chi connectivity index (χ1) is 14.0. The fourth-order valence-corrected chi connectivity index (χ4v) is 3.13. The molecular formula is C24H21N3O2. The van der Waals surface area contributed by atoms with Crippen LogP contribution in [0.3, 0.4) is 0 Å². The average molecular weight is 383 g/mol. The quantitative estimate of drug-likeness (QED) is 0.514. The number of nitrogens with zero attached hydrogens (tertiary/aromatic N) is 2. The number of benzene rings is 3. The summed E-state index contributed by atoms with van der Waals surface area (Å²) in [4.78, 5) is 12.4. The second-order valence-electron chi connectivity index (χ2n) is 6.91. The van der Waals surface area contributed by atoms with Crippen LogP contribution < -0.4 is 16.0 Å². The molecule has 0 saturated heterocycles. The average Bonchev–Trinajstić information content (AvgIpc) is 2.72. The van der Waals surface area contributed by atoms with Crippen molar-refractivity contribution >= 4 is 5.69 Å². The molecule has 0 aliphatic rings. The van der Waals surface area contributed by atoms with E-state index in [2.05, 4.69) is 5.10 Å². The number of hydrogen-bond acceptors (Lipinski definition) is 4. The maximum Gasteiger partial charge on any atom is 0.267 e. The van der Waals surface area contributed by atoms with E-state index in [-0.39, 0.29) is 5.56 Å². The van der Waals surface area contributed by atoms with Crippen LogP contribution in [0.2, 0.25) is 0 Å². The molecule has 5 nitrogen and oxygen atoms in total. The van der Waals surface area contributed by atoms with E-state index in [1.54, 1.807) is 19.2 Å². The molecule has 3 aromatic carbocycles. The van der Waals surface area contributed by atoms with E-state index in [1.165, 1.54) is 4.68 Å². The predicted octanol–water partition coefficient (Wildman–Crippen LogP) is 4.80. The highest BCUT2D eigenvalue weighted by Gasteiger charge is 2.17. The Morgan fingerprint density at radius 1 is 0.897 bits per heavy atom. The first-order valence-electron chi connectivity index (χ1n) is 9.29. The highest BCUT2D eigenvalue weighted by Crippen LogP contribution is 2.38. The predicted molar refractivity (Wildman–Crippen MR) is 116 cm³/mol. The molecule has 144 valence electrons. The number of para-hydroxylation sites is 1. The number of aromatic nitrogens is 2. The van der Waals surface area contributed by atoms with Gasteiger partial charge in [-0.15, -0.1) is 0 Å². The molecule has 0 aliphatic carbocycles. The van der Waals surface area contributed by atoms with Gasteiger partial charge >= 0.3 is 0 Å². The Balaban J connectivity index is 1.92. The van der Waals surface area contributed by atoms with Crippen LogP contribution in [0.1, 0.15) is 5.56 Å². The van der Waals surface area contributed by atoms with Crippen molar-refractivity contribution in [3.05, 3.63) is 94.8 Å². The van der Waals surface area contributed by atoms with E-state index >= 15 is 0 Å². The summed E-state index contributed by atoms with van der Waals surface area (Å²) in [6.07, 6.45) is 0. The van der Waals surface area contributed by atoms with Gasteiger partial charge in [-0.3, -0.25) is 4.79 Å². The Morgan fingerprint density at radius 3 is 2.34 bits per heavy atom. The van der Waals surface area contributed by atoms with Crippen LogP contribution in [0.15, 0.2) is 83.7 Å². The molecule has 4 aromatic rings. The lowest BCUT2D eigenvalue weighted by molar-refractivity contribution is 0.484. The van der Waals surface area contributed by atoms with Gasteiger partial charge in [-0.05, 0) is 42.8 Å². The SMILES string of the molecule is Cc1ccc(-c2cc(=O)n(C)nc2-c2cc(N)ccc2Oc2ccccc2)cc1. The number of ether oxygens (including phenoxy) is 1. The van der Waals surface area contributed by atoms with Gasteiger partial charge in [0.2, 0.25) is 0 Å². The molecule has 0 spiro atoms. The summed E-state index contributed by atoms with van der Waals surface area (Å²) in [5, 5.41) is 4.55. The summed E-state index contributed by atoms with van der Waals surface area (Å²) in [5.74, 6) is 1.32. The van der Waals surface area contributed by atoms with Crippen LogP contribution in [0, 0.1) is 6.92 Å². The Labute approximate surface area is 169 Å². The summed E-state index contributed by atoms with van der Waals surface area (Å²) in [6, 6.07) is 24.5. The Bertz CT molecular complexity index is 1210. The standard InChI is InChI=1S/C24H21N3O2/c1-16-8-10-17(11-9-16)20-15-23(28)27(2)26-24(20)21-14-18(25)12-13-22(21)29-19-6-4-3-5-7-19/h3-15H,25H2,1-2H3. The fraction of sp³-hybridized carbons (Fsp3) is 0.0833. The van der Waals surface area contributed by atoms with E-state index in [0.29, 0.717) is 22.9 Å². The summed E-state index contributed by atoms with van der Waals surface area (Å²) >= 11 is 0. The van der Waals surface area contributed by atoms with Gasteiger partial charge in [0.15, 0.2) is 0 Å². The van der Waals surface area contributed by atoms with Crippen LogP contribution in [0.25, 0.3) is 22.4 Å². The van der Waals surface area contributed by atoms with Gasteiger partial charge in [-0.25, -0.2) is 4.68 Å². The number of hydrogen-bond donors (Lipinski definition) is 1. The number of nitrogen functional groups attached to an aromatic ring is 1. The minimum Gasteiger partial charge on any atom is -0.457 e. The minimum atomic E-state index is -0.182. The summed E-state index contributed by atoms with van der Waals surface area (Å²) in [7, 11) is 1.63. The Kier molecular flexibility index (Phi) is 4.87. The Hall–Kier alpha value is -3.86. The van der Waals surface area contributed by atoms with E-state index in [9.17, 15) is 4.79 Å². The van der Waals surface area contributed by atoms with Crippen molar-refractivity contribution in [3.8, 4) is 33.9 Å². The fourth-order valence-electron chi connectivity index (χ4n) is 3.13. The molecule has 0 unspecified atom stereocenters. The number of rotatable bonds is 4. The smallest absolute Gasteiger partial charge is 0.267 e. The van der Waals surface area contributed by atoms with E-state index < -0.39 is 0 Å². The lowest BCUT2D eigenvalue weighted by Crippen LogP contribution is -2.19. The molecule has 1 aromatic heterocycles. The van der Waals surface area contributed by atoms with E-state index in [4.69, 9.17) is 10.5 Å². The lowest BCUT2D eigenvalue weighted by Gasteiger charge is -2.15. The maximum absolute atomic E-state index is 12.4. The first-order valence-corrected chi connectivity index (χ1v) is 9.29. The van der Waals surface area contributed by atoms with Crippen molar-refractivity contribution in [2.45, 2.75) is 6.92 Å². The summed E-state index contributed by atoms with van der Waals surface area (Å²) in [6.45, 7) is 2.02. The van der Waals surface area contributed by atoms with Gasteiger partial charge < -0.3 is 10.5 Å². The third-order valence-electron chi connectivity index (χ3n) is 4.68. The second-order valence-corrected chi connectivity index (χ2v) is 6.91. The van der Waals surface area contributed by atoms with E-state index in [0.717, 1.165) is 22.3 Å². The van der Waals surface area contributed by atoms with Crippen molar-refractivity contribution in [3.63, 3.8) is 0 Å². The van der Waals surface area contributed by atoms with Gasteiger partial charge in [0.1, 0.15) is 17.2 Å². The number of anilines is 1. The monoisotopic (exact) mass is 383 g/mol. The summed E-state index contributed by atoms with van der Waals surface area (Å²) in [5.41, 5.74) is 10.6. The van der Waals surface area contributed by atoms with Crippen LogP contribution in [-0.4, -0.2) is 9.78 Å². The van der Waals surface area contributed by atoms with Crippen molar-refractivity contribution < 1.29 is 4.74 Å². The molecule has 0 atom stereocenters. The molecule has 0 saturated carbocycles. The number of nitrogens with two attached hydrogens (primary N) is 1. The van der Waals surface area contributed by atoms with Crippen LogP contribution in [-0.2, 0) is 7.05 Å². The Morgan fingerprint density at radius 2 is 1.62 bits per heavy atom. The van der Waals surface area contributed by atoms with Crippen LogP contribution >= 0.6 is 0 Å². The molecule has 0 radical (unpaired) electrons. The van der Waals surface area contributed by atoms with E-state index in [1.807, 2.05) is 73.7 Å². The maximum atomic E-state index is 12.4.